The van der Waals surface area contributed by atoms with Gasteiger partial charge in [0.05, 0.1) is 13.2 Å². The SMILES string of the molecule is Cc1nnc(CNC2(CO)CCN(Cc3ccccc3)CC2)s1. The van der Waals surface area contributed by atoms with E-state index in [2.05, 4.69) is 50.7 Å². The van der Waals surface area contributed by atoms with Gasteiger partial charge in [-0.05, 0) is 25.3 Å². The van der Waals surface area contributed by atoms with Gasteiger partial charge in [-0.1, -0.05) is 30.3 Å². The highest BCUT2D eigenvalue weighted by Crippen LogP contribution is 2.24. The lowest BCUT2D eigenvalue weighted by atomic mass is 9.88. The molecule has 23 heavy (non-hydrogen) atoms. The Morgan fingerprint density at radius 2 is 1.96 bits per heavy atom. The second-order valence-electron chi connectivity index (χ2n) is 6.27. The Morgan fingerprint density at radius 3 is 2.57 bits per heavy atom. The van der Waals surface area contributed by atoms with Crippen LogP contribution in [-0.2, 0) is 13.1 Å². The summed E-state index contributed by atoms with van der Waals surface area (Å²) in [6, 6.07) is 10.6. The maximum atomic E-state index is 9.89. The van der Waals surface area contributed by atoms with Gasteiger partial charge < -0.3 is 10.4 Å². The van der Waals surface area contributed by atoms with Crippen LogP contribution in [-0.4, -0.2) is 45.4 Å². The van der Waals surface area contributed by atoms with E-state index in [0.717, 1.165) is 42.5 Å². The first kappa shape index (κ1) is 16.5. The monoisotopic (exact) mass is 332 g/mol. The van der Waals surface area contributed by atoms with Gasteiger partial charge in [0.25, 0.3) is 0 Å². The summed E-state index contributed by atoms with van der Waals surface area (Å²) in [6.07, 6.45) is 1.90. The van der Waals surface area contributed by atoms with E-state index >= 15 is 0 Å². The standard InChI is InChI=1S/C17H24N4OS/c1-14-19-20-16(23-14)11-18-17(13-22)7-9-21(10-8-17)12-15-5-3-2-4-6-15/h2-6,18,22H,7-13H2,1H3. The van der Waals surface area contributed by atoms with Gasteiger partial charge in [-0.3, -0.25) is 4.90 Å². The van der Waals surface area contributed by atoms with E-state index in [4.69, 9.17) is 0 Å². The lowest BCUT2D eigenvalue weighted by Gasteiger charge is -2.41. The summed E-state index contributed by atoms with van der Waals surface area (Å²) in [5.41, 5.74) is 1.16. The average Bonchev–Trinajstić information content (AvgIpc) is 3.01. The van der Waals surface area contributed by atoms with E-state index in [9.17, 15) is 5.11 Å². The van der Waals surface area contributed by atoms with Crippen molar-refractivity contribution in [1.82, 2.24) is 20.4 Å². The molecule has 1 fully saturated rings. The van der Waals surface area contributed by atoms with Gasteiger partial charge in [0.1, 0.15) is 10.0 Å². The highest BCUT2D eigenvalue weighted by molar-refractivity contribution is 7.11. The van der Waals surface area contributed by atoms with Gasteiger partial charge in [0.15, 0.2) is 0 Å². The van der Waals surface area contributed by atoms with E-state index in [0.29, 0.717) is 6.54 Å². The van der Waals surface area contributed by atoms with Crippen molar-refractivity contribution in [3.05, 3.63) is 45.9 Å². The lowest BCUT2D eigenvalue weighted by Crippen LogP contribution is -2.55. The third kappa shape index (κ3) is 4.35. The van der Waals surface area contributed by atoms with E-state index in [1.54, 1.807) is 11.3 Å². The van der Waals surface area contributed by atoms with E-state index < -0.39 is 0 Å². The predicted octanol–water partition coefficient (Wildman–Crippen LogP) is 1.96. The fraction of sp³-hybridized carbons (Fsp3) is 0.529. The summed E-state index contributed by atoms with van der Waals surface area (Å²) in [6.45, 7) is 5.80. The molecular weight excluding hydrogens is 308 g/mol. The highest BCUT2D eigenvalue weighted by Gasteiger charge is 2.33. The molecule has 2 aromatic rings. The Hall–Kier alpha value is -1.34. The third-order valence-corrected chi connectivity index (χ3v) is 5.39. The van der Waals surface area contributed by atoms with Crippen molar-refractivity contribution >= 4 is 11.3 Å². The molecule has 0 aliphatic carbocycles. The Morgan fingerprint density at radius 1 is 1.22 bits per heavy atom. The van der Waals surface area contributed by atoms with E-state index in [-0.39, 0.29) is 12.1 Å². The van der Waals surface area contributed by atoms with Gasteiger partial charge in [-0.15, -0.1) is 21.5 Å². The molecule has 2 heterocycles. The molecule has 1 aliphatic rings. The molecule has 0 radical (unpaired) electrons. The fourth-order valence-corrected chi connectivity index (χ4v) is 3.69. The van der Waals surface area contributed by atoms with Crippen LogP contribution in [0.2, 0.25) is 0 Å². The molecule has 0 unspecified atom stereocenters. The maximum absolute atomic E-state index is 9.89. The summed E-state index contributed by atoms with van der Waals surface area (Å²) >= 11 is 1.61. The van der Waals surface area contributed by atoms with Crippen LogP contribution < -0.4 is 5.32 Å². The van der Waals surface area contributed by atoms with Gasteiger partial charge in [0.2, 0.25) is 0 Å². The second-order valence-corrected chi connectivity index (χ2v) is 7.53. The predicted molar refractivity (Wildman–Crippen MR) is 92.3 cm³/mol. The van der Waals surface area contributed by atoms with E-state index in [1.165, 1.54) is 5.56 Å². The molecule has 1 aliphatic heterocycles. The molecule has 0 atom stereocenters. The van der Waals surface area contributed by atoms with Gasteiger partial charge in [-0.2, -0.15) is 0 Å². The number of nitrogens with zero attached hydrogens (tertiary/aromatic N) is 3. The molecule has 1 aromatic heterocycles. The van der Waals surface area contributed by atoms with Crippen molar-refractivity contribution in [1.29, 1.82) is 0 Å². The third-order valence-electron chi connectivity index (χ3n) is 4.55. The van der Waals surface area contributed by atoms with Crippen LogP contribution in [0.1, 0.15) is 28.4 Å². The fourth-order valence-electron chi connectivity index (χ4n) is 3.04. The largest absolute Gasteiger partial charge is 0.394 e. The normalized spacial score (nSPS) is 18.2. The van der Waals surface area contributed by atoms with E-state index in [1.807, 2.05) is 6.92 Å². The minimum absolute atomic E-state index is 0.171. The average molecular weight is 332 g/mol. The molecule has 0 bridgehead atoms. The summed E-state index contributed by atoms with van der Waals surface area (Å²) in [5.74, 6) is 0. The molecule has 3 rings (SSSR count). The molecule has 124 valence electrons. The Balaban J connectivity index is 1.52. The van der Waals surface area contributed by atoms with Crippen LogP contribution in [0.3, 0.4) is 0 Å². The topological polar surface area (TPSA) is 61.3 Å². The van der Waals surface area contributed by atoms with Crippen molar-refractivity contribution in [2.75, 3.05) is 19.7 Å². The van der Waals surface area contributed by atoms with Crippen molar-refractivity contribution < 1.29 is 5.11 Å². The molecule has 0 amide bonds. The Kier molecular flexibility index (Phi) is 5.38. The number of hydrogen-bond donors (Lipinski definition) is 2. The molecule has 0 saturated carbocycles. The minimum atomic E-state index is -0.188. The smallest absolute Gasteiger partial charge is 0.131 e. The zero-order valence-electron chi connectivity index (χ0n) is 13.5. The first-order valence-electron chi connectivity index (χ1n) is 8.10. The van der Waals surface area contributed by atoms with Gasteiger partial charge in [-0.25, -0.2) is 0 Å². The van der Waals surface area contributed by atoms with Crippen LogP contribution in [0.4, 0.5) is 0 Å². The zero-order valence-corrected chi connectivity index (χ0v) is 14.4. The Labute approximate surface area is 141 Å². The molecule has 6 heteroatoms. The number of piperidine rings is 1. The zero-order chi connectivity index (χ0) is 16.1. The Bertz CT molecular complexity index is 608. The van der Waals surface area contributed by atoms with Gasteiger partial charge >= 0.3 is 0 Å². The van der Waals surface area contributed by atoms with Crippen LogP contribution in [0, 0.1) is 6.92 Å². The molecule has 1 saturated heterocycles. The quantitative estimate of drug-likeness (QED) is 0.847. The van der Waals surface area contributed by atoms with Crippen LogP contribution in [0.15, 0.2) is 30.3 Å². The van der Waals surface area contributed by atoms with Crippen LogP contribution in [0.5, 0.6) is 0 Å². The lowest BCUT2D eigenvalue weighted by molar-refractivity contribution is 0.0742. The molecule has 5 nitrogen and oxygen atoms in total. The van der Waals surface area contributed by atoms with Crippen LogP contribution in [0.25, 0.3) is 0 Å². The van der Waals surface area contributed by atoms with Crippen molar-refractivity contribution in [2.24, 2.45) is 0 Å². The number of nitrogens with one attached hydrogen (secondary N) is 1. The number of aryl methyl sites for hydroxylation is 1. The first-order chi connectivity index (χ1) is 11.2. The molecular formula is C17H24N4OS. The second kappa shape index (κ2) is 7.49. The first-order valence-corrected chi connectivity index (χ1v) is 8.92. The number of benzene rings is 1. The summed E-state index contributed by atoms with van der Waals surface area (Å²) in [5, 5.41) is 23.6. The van der Waals surface area contributed by atoms with Gasteiger partial charge in [0, 0.05) is 25.2 Å². The minimum Gasteiger partial charge on any atom is -0.394 e. The number of aliphatic hydroxyl groups excluding tert-OH is 1. The molecule has 0 spiro atoms. The summed E-state index contributed by atoms with van der Waals surface area (Å²) in [4.78, 5) is 2.46. The van der Waals surface area contributed by atoms with Crippen molar-refractivity contribution in [2.45, 2.75) is 38.4 Å². The number of rotatable bonds is 6. The number of hydrogen-bond acceptors (Lipinski definition) is 6. The van der Waals surface area contributed by atoms with Crippen molar-refractivity contribution in [3.8, 4) is 0 Å². The number of aromatic nitrogens is 2. The maximum Gasteiger partial charge on any atom is 0.131 e. The molecule has 1 aromatic carbocycles. The summed E-state index contributed by atoms with van der Waals surface area (Å²) < 4.78 is 0. The van der Waals surface area contributed by atoms with Crippen LogP contribution >= 0.6 is 11.3 Å². The number of likely N-dealkylation sites (tertiary alicyclic amines) is 1. The summed E-state index contributed by atoms with van der Waals surface area (Å²) in [7, 11) is 0. The van der Waals surface area contributed by atoms with Crippen molar-refractivity contribution in [3.63, 3.8) is 0 Å². The molecule has 2 N–H and O–H groups in total. The highest BCUT2D eigenvalue weighted by atomic mass is 32.1. The number of aliphatic hydroxyl groups is 1.